The zero-order chi connectivity index (χ0) is 14.8. The van der Waals surface area contributed by atoms with E-state index in [9.17, 15) is 4.79 Å². The molecule has 2 rings (SSSR count). The van der Waals surface area contributed by atoms with Gasteiger partial charge in [0.25, 0.3) is 5.91 Å². The number of amides is 1. The number of nitrogens with zero attached hydrogens (tertiary/aromatic N) is 1. The van der Waals surface area contributed by atoms with Gasteiger partial charge in [0, 0.05) is 13.1 Å². The van der Waals surface area contributed by atoms with Gasteiger partial charge in [0.15, 0.2) is 0 Å². The molecule has 0 radical (unpaired) electrons. The average molecular weight is 290 g/mol. The molecule has 0 spiro atoms. The first-order valence-electron chi connectivity index (χ1n) is 7.00. The molecule has 1 unspecified atom stereocenters. The standard InChI is InChI=1S/C16H22N2OS/c1-16(2,3)12-8-10-18(11-12)15(19)14-7-6-13(20-14)5-4-9-17/h6-7,12H,8-11,17H2,1-3H3. The lowest BCUT2D eigenvalue weighted by molar-refractivity contribution is 0.0781. The van der Waals surface area contributed by atoms with Gasteiger partial charge in [-0.25, -0.2) is 0 Å². The number of thiophene rings is 1. The third kappa shape index (κ3) is 3.41. The number of carbonyl (C=O) groups excluding carboxylic acids is 1. The van der Waals surface area contributed by atoms with Crippen molar-refractivity contribution in [2.45, 2.75) is 27.2 Å². The lowest BCUT2D eigenvalue weighted by Gasteiger charge is -2.26. The Morgan fingerprint density at radius 1 is 1.50 bits per heavy atom. The summed E-state index contributed by atoms with van der Waals surface area (Å²) in [7, 11) is 0. The molecule has 1 atom stereocenters. The van der Waals surface area contributed by atoms with Crippen molar-refractivity contribution in [3.8, 4) is 11.8 Å². The van der Waals surface area contributed by atoms with Gasteiger partial charge in [-0.05, 0) is 29.9 Å². The van der Waals surface area contributed by atoms with Crippen LogP contribution in [-0.4, -0.2) is 30.4 Å². The fourth-order valence-electron chi connectivity index (χ4n) is 2.47. The van der Waals surface area contributed by atoms with E-state index in [0.717, 1.165) is 29.3 Å². The first-order valence-corrected chi connectivity index (χ1v) is 7.81. The third-order valence-electron chi connectivity index (χ3n) is 3.83. The van der Waals surface area contributed by atoms with Gasteiger partial charge in [0.2, 0.25) is 0 Å². The van der Waals surface area contributed by atoms with Crippen molar-refractivity contribution < 1.29 is 4.79 Å². The minimum Gasteiger partial charge on any atom is -0.338 e. The molecule has 1 fully saturated rings. The number of nitrogens with two attached hydrogens (primary N) is 1. The van der Waals surface area contributed by atoms with Gasteiger partial charge in [0.1, 0.15) is 0 Å². The van der Waals surface area contributed by atoms with E-state index in [-0.39, 0.29) is 11.3 Å². The lowest BCUT2D eigenvalue weighted by atomic mass is 9.80. The second-order valence-electron chi connectivity index (χ2n) is 6.27. The third-order valence-corrected chi connectivity index (χ3v) is 4.82. The molecule has 4 heteroatoms. The zero-order valence-corrected chi connectivity index (χ0v) is 13.2. The van der Waals surface area contributed by atoms with E-state index in [2.05, 4.69) is 32.6 Å². The molecule has 2 N–H and O–H groups in total. The molecule has 0 aromatic carbocycles. The maximum atomic E-state index is 12.5. The van der Waals surface area contributed by atoms with E-state index in [4.69, 9.17) is 5.73 Å². The molecule has 3 nitrogen and oxygen atoms in total. The maximum Gasteiger partial charge on any atom is 0.263 e. The Bertz CT molecular complexity index is 545. The van der Waals surface area contributed by atoms with Gasteiger partial charge in [-0.3, -0.25) is 4.79 Å². The summed E-state index contributed by atoms with van der Waals surface area (Å²) >= 11 is 1.46. The lowest BCUT2D eigenvalue weighted by Crippen LogP contribution is -2.30. The fourth-order valence-corrected chi connectivity index (χ4v) is 3.31. The molecule has 1 aliphatic heterocycles. The molecule has 0 saturated carbocycles. The summed E-state index contributed by atoms with van der Waals surface area (Å²) in [4.78, 5) is 16.1. The van der Waals surface area contributed by atoms with Crippen LogP contribution >= 0.6 is 11.3 Å². The molecule has 1 amide bonds. The highest BCUT2D eigenvalue weighted by Crippen LogP contribution is 2.34. The Kier molecular flexibility index (Phi) is 4.52. The second-order valence-corrected chi connectivity index (χ2v) is 7.36. The van der Waals surface area contributed by atoms with Crippen molar-refractivity contribution in [3.63, 3.8) is 0 Å². The van der Waals surface area contributed by atoms with Crippen LogP contribution in [0.3, 0.4) is 0 Å². The van der Waals surface area contributed by atoms with E-state index in [0.29, 0.717) is 12.5 Å². The predicted molar refractivity (Wildman–Crippen MR) is 83.7 cm³/mol. The largest absolute Gasteiger partial charge is 0.338 e. The van der Waals surface area contributed by atoms with E-state index < -0.39 is 0 Å². The molecule has 1 aromatic rings. The molecular formula is C16H22N2OS. The van der Waals surface area contributed by atoms with Crippen molar-refractivity contribution in [1.82, 2.24) is 4.90 Å². The fraction of sp³-hybridized carbons (Fsp3) is 0.562. The summed E-state index contributed by atoms with van der Waals surface area (Å²) in [6.07, 6.45) is 1.10. The maximum absolute atomic E-state index is 12.5. The van der Waals surface area contributed by atoms with Crippen LogP contribution < -0.4 is 5.73 Å². The van der Waals surface area contributed by atoms with E-state index in [1.807, 2.05) is 17.0 Å². The molecule has 0 aliphatic carbocycles. The summed E-state index contributed by atoms with van der Waals surface area (Å²) < 4.78 is 0. The SMILES string of the molecule is CC(C)(C)C1CCN(C(=O)c2ccc(C#CCN)s2)C1. The summed E-state index contributed by atoms with van der Waals surface area (Å²) in [5.41, 5.74) is 5.62. The van der Waals surface area contributed by atoms with Crippen LogP contribution in [0.1, 0.15) is 41.7 Å². The van der Waals surface area contributed by atoms with Crippen molar-refractivity contribution in [2.24, 2.45) is 17.1 Å². The number of hydrogen-bond acceptors (Lipinski definition) is 3. The normalized spacial score (nSPS) is 18.8. The van der Waals surface area contributed by atoms with Crippen LogP contribution in [0, 0.1) is 23.2 Å². The van der Waals surface area contributed by atoms with Gasteiger partial charge in [-0.15, -0.1) is 11.3 Å². The predicted octanol–water partition coefficient (Wildman–Crippen LogP) is 2.57. The van der Waals surface area contributed by atoms with E-state index in [1.54, 1.807) is 0 Å². The van der Waals surface area contributed by atoms with Crippen LogP contribution in [-0.2, 0) is 0 Å². The van der Waals surface area contributed by atoms with Gasteiger partial charge in [0.05, 0.1) is 16.3 Å². The molecule has 0 bridgehead atoms. The average Bonchev–Trinajstić information content (AvgIpc) is 3.04. The Morgan fingerprint density at radius 2 is 2.25 bits per heavy atom. The van der Waals surface area contributed by atoms with Crippen LogP contribution in [0.4, 0.5) is 0 Å². The Labute approximate surface area is 125 Å². The number of carbonyl (C=O) groups is 1. The molecule has 1 aromatic heterocycles. The topological polar surface area (TPSA) is 46.3 Å². The van der Waals surface area contributed by atoms with Gasteiger partial charge < -0.3 is 10.6 Å². The summed E-state index contributed by atoms with van der Waals surface area (Å²) in [5.74, 6) is 6.52. The number of hydrogen-bond donors (Lipinski definition) is 1. The summed E-state index contributed by atoms with van der Waals surface area (Å²) in [6.45, 7) is 8.82. The highest BCUT2D eigenvalue weighted by Gasteiger charge is 2.34. The van der Waals surface area contributed by atoms with E-state index >= 15 is 0 Å². The van der Waals surface area contributed by atoms with Crippen LogP contribution in [0.25, 0.3) is 0 Å². The second kappa shape index (κ2) is 5.99. The van der Waals surface area contributed by atoms with Crippen molar-refractivity contribution >= 4 is 17.2 Å². The smallest absolute Gasteiger partial charge is 0.263 e. The zero-order valence-electron chi connectivity index (χ0n) is 12.4. The number of likely N-dealkylation sites (tertiary alicyclic amines) is 1. The first-order chi connectivity index (χ1) is 9.41. The van der Waals surface area contributed by atoms with Gasteiger partial charge in [-0.1, -0.05) is 32.6 Å². The van der Waals surface area contributed by atoms with E-state index in [1.165, 1.54) is 11.3 Å². The minimum atomic E-state index is 0.141. The molecule has 1 aliphatic rings. The van der Waals surface area contributed by atoms with Gasteiger partial charge >= 0.3 is 0 Å². The summed E-state index contributed by atoms with van der Waals surface area (Å²) in [5, 5.41) is 0. The molecule has 20 heavy (non-hydrogen) atoms. The molecular weight excluding hydrogens is 268 g/mol. The van der Waals surface area contributed by atoms with Gasteiger partial charge in [-0.2, -0.15) is 0 Å². The van der Waals surface area contributed by atoms with Crippen LogP contribution in [0.5, 0.6) is 0 Å². The van der Waals surface area contributed by atoms with Crippen molar-refractivity contribution in [2.75, 3.05) is 19.6 Å². The molecule has 2 heterocycles. The monoisotopic (exact) mass is 290 g/mol. The first kappa shape index (κ1) is 15.1. The van der Waals surface area contributed by atoms with Crippen LogP contribution in [0.2, 0.25) is 0 Å². The highest BCUT2D eigenvalue weighted by atomic mass is 32.1. The number of rotatable bonds is 1. The Balaban J connectivity index is 2.04. The Hall–Kier alpha value is -1.31. The van der Waals surface area contributed by atoms with Crippen molar-refractivity contribution in [1.29, 1.82) is 0 Å². The highest BCUT2D eigenvalue weighted by molar-refractivity contribution is 7.14. The molecule has 108 valence electrons. The van der Waals surface area contributed by atoms with Crippen LogP contribution in [0.15, 0.2) is 12.1 Å². The quantitative estimate of drug-likeness (QED) is 0.808. The summed E-state index contributed by atoms with van der Waals surface area (Å²) in [6, 6.07) is 3.77. The van der Waals surface area contributed by atoms with Crippen molar-refractivity contribution in [3.05, 3.63) is 21.9 Å². The minimum absolute atomic E-state index is 0.141. The molecule has 1 saturated heterocycles. The Morgan fingerprint density at radius 3 is 2.85 bits per heavy atom.